The van der Waals surface area contributed by atoms with Crippen LogP contribution < -0.4 is 22.1 Å². The summed E-state index contributed by atoms with van der Waals surface area (Å²) in [5.74, 6) is -4.26. The SMILES string of the molecule is CC(C)C(NC(=O)C(CCCCN)NC(=O)C1CCCN1C(=O)C(N)CCC(=O)O)C(=O)O. The van der Waals surface area contributed by atoms with Crippen molar-refractivity contribution < 1.29 is 34.2 Å². The van der Waals surface area contributed by atoms with Crippen LogP contribution in [0.5, 0.6) is 0 Å². The molecule has 33 heavy (non-hydrogen) atoms. The standard InChI is InChI=1S/C21H37N5O7/c1-12(2)17(21(32)33)25-18(29)14(6-3-4-10-22)24-19(30)15-7-5-11-26(15)20(31)13(23)8-9-16(27)28/h12-15,17H,3-11,22-23H2,1-2H3,(H,24,30)(H,25,29)(H,27,28)(H,32,33). The van der Waals surface area contributed by atoms with Gasteiger partial charge in [0.05, 0.1) is 6.04 Å². The lowest BCUT2D eigenvalue weighted by Gasteiger charge is -2.29. The van der Waals surface area contributed by atoms with Crippen molar-refractivity contribution in [2.24, 2.45) is 17.4 Å². The third-order valence-electron chi connectivity index (χ3n) is 5.64. The van der Waals surface area contributed by atoms with Crippen LogP contribution in [0.25, 0.3) is 0 Å². The average molecular weight is 472 g/mol. The molecule has 12 nitrogen and oxygen atoms in total. The summed E-state index contributed by atoms with van der Waals surface area (Å²) in [5.41, 5.74) is 11.3. The number of carboxylic acids is 2. The first-order chi connectivity index (χ1) is 15.5. The molecular weight excluding hydrogens is 434 g/mol. The van der Waals surface area contributed by atoms with E-state index in [-0.39, 0.29) is 25.2 Å². The molecule has 8 N–H and O–H groups in total. The molecule has 1 heterocycles. The lowest BCUT2D eigenvalue weighted by molar-refractivity contribution is -0.144. The highest BCUT2D eigenvalue weighted by atomic mass is 16.4. The van der Waals surface area contributed by atoms with E-state index in [1.807, 2.05) is 0 Å². The highest BCUT2D eigenvalue weighted by Crippen LogP contribution is 2.20. The summed E-state index contributed by atoms with van der Waals surface area (Å²) >= 11 is 0. The van der Waals surface area contributed by atoms with E-state index in [1.165, 1.54) is 4.90 Å². The van der Waals surface area contributed by atoms with E-state index in [2.05, 4.69) is 10.6 Å². The number of carboxylic acid groups (broad SMARTS) is 2. The van der Waals surface area contributed by atoms with Crippen LogP contribution in [-0.4, -0.2) is 82.0 Å². The Bertz CT molecular complexity index is 715. The summed E-state index contributed by atoms with van der Waals surface area (Å²) in [6, 6.07) is -3.97. The molecule has 0 aliphatic carbocycles. The number of aliphatic carboxylic acids is 2. The van der Waals surface area contributed by atoms with Crippen LogP contribution in [-0.2, 0) is 24.0 Å². The Hall–Kier alpha value is -2.73. The molecular formula is C21H37N5O7. The molecule has 1 aliphatic rings. The van der Waals surface area contributed by atoms with E-state index in [0.29, 0.717) is 38.8 Å². The van der Waals surface area contributed by atoms with Gasteiger partial charge in [0.2, 0.25) is 17.7 Å². The number of carbonyl (C=O) groups excluding carboxylic acids is 3. The molecule has 1 aliphatic heterocycles. The van der Waals surface area contributed by atoms with Crippen molar-refractivity contribution in [3.8, 4) is 0 Å². The molecule has 0 aromatic carbocycles. The van der Waals surface area contributed by atoms with Crippen LogP contribution >= 0.6 is 0 Å². The van der Waals surface area contributed by atoms with Crippen molar-refractivity contribution in [1.82, 2.24) is 15.5 Å². The number of nitrogens with two attached hydrogens (primary N) is 2. The molecule has 0 spiro atoms. The molecule has 1 fully saturated rings. The van der Waals surface area contributed by atoms with Crippen molar-refractivity contribution in [3.63, 3.8) is 0 Å². The number of carbonyl (C=O) groups is 5. The summed E-state index contributed by atoms with van der Waals surface area (Å²) in [4.78, 5) is 62.0. The van der Waals surface area contributed by atoms with E-state index in [0.717, 1.165) is 0 Å². The molecule has 0 bridgehead atoms. The van der Waals surface area contributed by atoms with E-state index in [4.69, 9.17) is 16.6 Å². The number of hydrogen-bond donors (Lipinski definition) is 6. The average Bonchev–Trinajstić information content (AvgIpc) is 3.23. The quantitative estimate of drug-likeness (QED) is 0.172. The van der Waals surface area contributed by atoms with Crippen molar-refractivity contribution in [1.29, 1.82) is 0 Å². The molecule has 0 saturated carbocycles. The maximum Gasteiger partial charge on any atom is 0.326 e. The van der Waals surface area contributed by atoms with Crippen LogP contribution in [0.3, 0.4) is 0 Å². The lowest BCUT2D eigenvalue weighted by atomic mass is 10.0. The van der Waals surface area contributed by atoms with E-state index in [9.17, 15) is 29.1 Å². The molecule has 188 valence electrons. The second kappa shape index (κ2) is 13.7. The minimum absolute atomic E-state index is 0.0467. The Morgan fingerprint density at radius 2 is 1.73 bits per heavy atom. The van der Waals surface area contributed by atoms with Crippen molar-refractivity contribution >= 4 is 29.7 Å². The zero-order valence-corrected chi connectivity index (χ0v) is 19.3. The van der Waals surface area contributed by atoms with E-state index < -0.39 is 53.8 Å². The van der Waals surface area contributed by atoms with Crippen LogP contribution in [0, 0.1) is 5.92 Å². The first-order valence-corrected chi connectivity index (χ1v) is 11.3. The van der Waals surface area contributed by atoms with Crippen molar-refractivity contribution in [3.05, 3.63) is 0 Å². The summed E-state index contributed by atoms with van der Waals surface area (Å²) in [5, 5.41) is 23.3. The molecule has 3 amide bonds. The molecule has 0 aromatic rings. The van der Waals surface area contributed by atoms with Gasteiger partial charge in [0, 0.05) is 13.0 Å². The number of unbranched alkanes of at least 4 members (excludes halogenated alkanes) is 1. The fraction of sp³-hybridized carbons (Fsp3) is 0.762. The van der Waals surface area contributed by atoms with Gasteiger partial charge in [0.1, 0.15) is 18.1 Å². The van der Waals surface area contributed by atoms with Crippen LogP contribution in [0.2, 0.25) is 0 Å². The molecule has 1 saturated heterocycles. The Morgan fingerprint density at radius 3 is 2.27 bits per heavy atom. The third-order valence-corrected chi connectivity index (χ3v) is 5.64. The number of hydrogen-bond acceptors (Lipinski definition) is 7. The van der Waals surface area contributed by atoms with Gasteiger partial charge in [-0.2, -0.15) is 0 Å². The van der Waals surface area contributed by atoms with Crippen LogP contribution in [0.4, 0.5) is 0 Å². The van der Waals surface area contributed by atoms with Gasteiger partial charge in [-0.1, -0.05) is 13.8 Å². The van der Waals surface area contributed by atoms with Crippen molar-refractivity contribution in [2.75, 3.05) is 13.1 Å². The van der Waals surface area contributed by atoms with Gasteiger partial charge < -0.3 is 37.2 Å². The molecule has 1 rings (SSSR count). The van der Waals surface area contributed by atoms with Gasteiger partial charge in [0.15, 0.2) is 0 Å². The highest BCUT2D eigenvalue weighted by Gasteiger charge is 2.38. The van der Waals surface area contributed by atoms with Gasteiger partial charge in [-0.05, 0) is 51.0 Å². The Labute approximate surface area is 193 Å². The van der Waals surface area contributed by atoms with Gasteiger partial charge in [-0.25, -0.2) is 4.79 Å². The molecule has 4 unspecified atom stereocenters. The van der Waals surface area contributed by atoms with Crippen LogP contribution in [0.1, 0.15) is 58.8 Å². The second-order valence-corrected chi connectivity index (χ2v) is 8.64. The lowest BCUT2D eigenvalue weighted by Crippen LogP contribution is -2.57. The zero-order chi connectivity index (χ0) is 25.1. The summed E-state index contributed by atoms with van der Waals surface area (Å²) in [6.45, 7) is 4.04. The van der Waals surface area contributed by atoms with Gasteiger partial charge in [-0.15, -0.1) is 0 Å². The maximum absolute atomic E-state index is 13.0. The van der Waals surface area contributed by atoms with Crippen molar-refractivity contribution in [2.45, 2.75) is 83.0 Å². The molecule has 0 radical (unpaired) electrons. The number of rotatable bonds is 14. The van der Waals surface area contributed by atoms with Gasteiger partial charge in [-0.3, -0.25) is 19.2 Å². The van der Waals surface area contributed by atoms with E-state index in [1.54, 1.807) is 13.8 Å². The summed E-state index contributed by atoms with van der Waals surface area (Å²) < 4.78 is 0. The Kier molecular flexibility index (Phi) is 11.8. The fourth-order valence-electron chi connectivity index (χ4n) is 3.72. The normalized spacial score (nSPS) is 18.5. The Balaban J connectivity index is 2.89. The fourth-order valence-corrected chi connectivity index (χ4v) is 3.72. The highest BCUT2D eigenvalue weighted by molar-refractivity contribution is 5.94. The minimum atomic E-state index is -1.17. The predicted octanol–water partition coefficient (Wildman–Crippen LogP) is -0.991. The Morgan fingerprint density at radius 1 is 1.06 bits per heavy atom. The zero-order valence-electron chi connectivity index (χ0n) is 19.3. The number of nitrogens with zero attached hydrogens (tertiary/aromatic N) is 1. The number of amides is 3. The van der Waals surface area contributed by atoms with Crippen LogP contribution in [0.15, 0.2) is 0 Å². The summed E-state index contributed by atoms with van der Waals surface area (Å²) in [6.07, 6.45) is 2.06. The molecule has 12 heteroatoms. The number of likely N-dealkylation sites (tertiary alicyclic amines) is 1. The molecule has 4 atom stereocenters. The summed E-state index contributed by atoms with van der Waals surface area (Å²) in [7, 11) is 0. The second-order valence-electron chi connectivity index (χ2n) is 8.64. The monoisotopic (exact) mass is 471 g/mol. The van der Waals surface area contributed by atoms with Gasteiger partial charge >= 0.3 is 11.9 Å². The smallest absolute Gasteiger partial charge is 0.326 e. The third kappa shape index (κ3) is 8.97. The first kappa shape index (κ1) is 28.3. The largest absolute Gasteiger partial charge is 0.481 e. The maximum atomic E-state index is 13.0. The predicted molar refractivity (Wildman–Crippen MR) is 119 cm³/mol. The first-order valence-electron chi connectivity index (χ1n) is 11.3. The number of nitrogens with one attached hydrogen (secondary N) is 2. The van der Waals surface area contributed by atoms with E-state index >= 15 is 0 Å². The minimum Gasteiger partial charge on any atom is -0.481 e. The topological polar surface area (TPSA) is 205 Å². The molecule has 0 aromatic heterocycles. The van der Waals surface area contributed by atoms with Gasteiger partial charge in [0.25, 0.3) is 0 Å².